The van der Waals surface area contributed by atoms with Gasteiger partial charge in [0.25, 0.3) is 0 Å². The number of ether oxygens (including phenoxy) is 3. The summed E-state index contributed by atoms with van der Waals surface area (Å²) in [6, 6.07) is 8.41. The molecule has 8 heteroatoms. The summed E-state index contributed by atoms with van der Waals surface area (Å²) in [4.78, 5) is 22.0. The number of aryl methyl sites for hydroxylation is 2. The van der Waals surface area contributed by atoms with E-state index < -0.39 is 10.9 Å². The van der Waals surface area contributed by atoms with Gasteiger partial charge in [-0.05, 0) is 54.8 Å². The number of carbonyl (C=O) groups excluding carboxylic acids is 1. The highest BCUT2D eigenvalue weighted by molar-refractivity contribution is 9.10. The molecule has 7 nitrogen and oxygen atoms in total. The summed E-state index contributed by atoms with van der Waals surface area (Å²) in [5.41, 5.74) is 2.34. The third-order valence-corrected chi connectivity index (χ3v) is 4.02. The van der Waals surface area contributed by atoms with Crippen LogP contribution in [0.2, 0.25) is 0 Å². The molecule has 0 fully saturated rings. The van der Waals surface area contributed by atoms with Gasteiger partial charge < -0.3 is 14.2 Å². The minimum Gasteiger partial charge on any atom is -0.493 e. The van der Waals surface area contributed by atoms with Gasteiger partial charge in [-0.1, -0.05) is 22.0 Å². The standard InChI is InChI=1S/C19H18BrNO6/c1-12-8-15(20)9-13(2)19(12)26-11-18(22)27-16-5-4-14(6-7-21(23)24)10-17(16)25-3/h4-10H,11H2,1-3H3. The molecule has 0 aliphatic heterocycles. The molecule has 0 unspecified atom stereocenters. The van der Waals surface area contributed by atoms with Crippen molar-refractivity contribution in [2.45, 2.75) is 13.8 Å². The molecule has 0 aliphatic rings. The molecule has 27 heavy (non-hydrogen) atoms. The second-order valence-corrected chi connectivity index (χ2v) is 6.56. The number of hydrogen-bond donors (Lipinski definition) is 0. The Morgan fingerprint density at radius 1 is 1.19 bits per heavy atom. The topological polar surface area (TPSA) is 87.9 Å². The van der Waals surface area contributed by atoms with Gasteiger partial charge in [-0.25, -0.2) is 4.79 Å². The molecule has 0 bridgehead atoms. The van der Waals surface area contributed by atoms with Crippen molar-refractivity contribution in [2.24, 2.45) is 0 Å². The van der Waals surface area contributed by atoms with E-state index in [1.54, 1.807) is 6.07 Å². The molecule has 2 aromatic carbocycles. The Kier molecular flexibility index (Phi) is 6.95. The van der Waals surface area contributed by atoms with Gasteiger partial charge in [0.2, 0.25) is 6.20 Å². The lowest BCUT2D eigenvalue weighted by Crippen LogP contribution is -2.18. The number of halogens is 1. The van der Waals surface area contributed by atoms with Crippen molar-refractivity contribution in [3.8, 4) is 17.2 Å². The van der Waals surface area contributed by atoms with E-state index in [0.717, 1.165) is 21.8 Å². The molecule has 2 rings (SSSR count). The van der Waals surface area contributed by atoms with Crippen LogP contribution >= 0.6 is 15.9 Å². The van der Waals surface area contributed by atoms with Crippen molar-refractivity contribution >= 4 is 28.0 Å². The van der Waals surface area contributed by atoms with Crippen molar-refractivity contribution in [3.05, 3.63) is 67.8 Å². The first kappa shape index (κ1) is 20.4. The first-order valence-electron chi connectivity index (χ1n) is 7.90. The van der Waals surface area contributed by atoms with E-state index in [2.05, 4.69) is 15.9 Å². The number of rotatable bonds is 7. The summed E-state index contributed by atoms with van der Waals surface area (Å²) < 4.78 is 17.0. The van der Waals surface area contributed by atoms with Crippen LogP contribution in [0.4, 0.5) is 0 Å². The highest BCUT2D eigenvalue weighted by atomic mass is 79.9. The molecule has 0 heterocycles. The van der Waals surface area contributed by atoms with Gasteiger partial charge in [0.1, 0.15) is 5.75 Å². The molecule has 0 spiro atoms. The van der Waals surface area contributed by atoms with E-state index in [1.165, 1.54) is 25.3 Å². The Balaban J connectivity index is 2.06. The van der Waals surface area contributed by atoms with Crippen LogP contribution < -0.4 is 14.2 Å². The fourth-order valence-electron chi connectivity index (χ4n) is 2.43. The summed E-state index contributed by atoms with van der Waals surface area (Å²) in [7, 11) is 1.42. The van der Waals surface area contributed by atoms with E-state index >= 15 is 0 Å². The molecule has 0 aromatic heterocycles. The number of hydrogen-bond acceptors (Lipinski definition) is 6. The van der Waals surface area contributed by atoms with Crippen LogP contribution in [0.5, 0.6) is 17.2 Å². The Morgan fingerprint density at radius 2 is 1.85 bits per heavy atom. The van der Waals surface area contributed by atoms with Gasteiger partial charge in [0.05, 0.1) is 12.0 Å². The summed E-state index contributed by atoms with van der Waals surface area (Å²) in [6.07, 6.45) is 2.13. The second kappa shape index (κ2) is 9.18. The monoisotopic (exact) mass is 435 g/mol. The molecule has 0 atom stereocenters. The molecule has 2 aromatic rings. The van der Waals surface area contributed by atoms with Gasteiger partial charge in [0.15, 0.2) is 18.1 Å². The maximum atomic E-state index is 12.1. The zero-order chi connectivity index (χ0) is 20.0. The third kappa shape index (κ3) is 5.82. The van der Waals surface area contributed by atoms with Gasteiger partial charge in [-0.2, -0.15) is 0 Å². The maximum Gasteiger partial charge on any atom is 0.349 e. The molecule has 0 radical (unpaired) electrons. The van der Waals surface area contributed by atoms with Crippen molar-refractivity contribution in [3.63, 3.8) is 0 Å². The molecule has 0 N–H and O–H groups in total. The molecule has 0 amide bonds. The number of esters is 1. The van der Waals surface area contributed by atoms with Crippen LogP contribution in [-0.4, -0.2) is 24.6 Å². The molecular weight excluding hydrogens is 418 g/mol. The average Bonchev–Trinajstić information content (AvgIpc) is 2.59. The maximum absolute atomic E-state index is 12.1. The van der Waals surface area contributed by atoms with Crippen molar-refractivity contribution in [1.29, 1.82) is 0 Å². The van der Waals surface area contributed by atoms with Gasteiger partial charge in [-0.3, -0.25) is 10.1 Å². The highest BCUT2D eigenvalue weighted by Crippen LogP contribution is 2.30. The largest absolute Gasteiger partial charge is 0.493 e. The Morgan fingerprint density at radius 3 is 2.44 bits per heavy atom. The van der Waals surface area contributed by atoms with Crippen molar-refractivity contribution < 1.29 is 23.9 Å². The van der Waals surface area contributed by atoms with Gasteiger partial charge in [-0.15, -0.1) is 0 Å². The summed E-state index contributed by atoms with van der Waals surface area (Å²) in [6.45, 7) is 3.51. The third-order valence-electron chi connectivity index (χ3n) is 3.56. The van der Waals surface area contributed by atoms with Crippen LogP contribution in [0.25, 0.3) is 6.08 Å². The number of nitrogens with zero attached hydrogens (tertiary/aromatic N) is 1. The Labute approximate surface area is 164 Å². The zero-order valence-electron chi connectivity index (χ0n) is 15.0. The number of methoxy groups -OCH3 is 1. The Bertz CT molecular complexity index is 871. The molecule has 0 aliphatic carbocycles. The fourth-order valence-corrected chi connectivity index (χ4v) is 3.11. The van der Waals surface area contributed by atoms with Crippen LogP contribution in [0.3, 0.4) is 0 Å². The van der Waals surface area contributed by atoms with E-state index in [0.29, 0.717) is 11.3 Å². The van der Waals surface area contributed by atoms with Crippen molar-refractivity contribution in [1.82, 2.24) is 0 Å². The SMILES string of the molecule is COc1cc(C=C[N+](=O)[O-])ccc1OC(=O)COc1c(C)cc(Br)cc1C. The summed E-state index contributed by atoms with van der Waals surface area (Å²) in [5.74, 6) is 0.518. The molecule has 0 saturated carbocycles. The lowest BCUT2D eigenvalue weighted by Gasteiger charge is -2.13. The predicted octanol–water partition coefficient (Wildman–Crippen LogP) is 4.31. The average molecular weight is 436 g/mol. The lowest BCUT2D eigenvalue weighted by molar-refractivity contribution is -0.400. The van der Waals surface area contributed by atoms with Crippen LogP contribution in [0.15, 0.2) is 41.0 Å². The quantitative estimate of drug-likeness (QED) is 0.278. The smallest absolute Gasteiger partial charge is 0.349 e. The van der Waals surface area contributed by atoms with Crippen LogP contribution in [-0.2, 0) is 4.79 Å². The minimum atomic E-state index is -0.594. The number of carbonyl (C=O) groups is 1. The van der Waals surface area contributed by atoms with E-state index in [4.69, 9.17) is 14.2 Å². The normalized spacial score (nSPS) is 10.7. The number of benzene rings is 2. The van der Waals surface area contributed by atoms with E-state index in [-0.39, 0.29) is 18.1 Å². The highest BCUT2D eigenvalue weighted by Gasteiger charge is 2.13. The molecule has 0 saturated heterocycles. The van der Waals surface area contributed by atoms with Crippen LogP contribution in [0.1, 0.15) is 16.7 Å². The fraction of sp³-hybridized carbons (Fsp3) is 0.211. The van der Waals surface area contributed by atoms with Crippen molar-refractivity contribution in [2.75, 3.05) is 13.7 Å². The predicted molar refractivity (Wildman–Crippen MR) is 104 cm³/mol. The lowest BCUT2D eigenvalue weighted by atomic mass is 10.1. The molecule has 142 valence electrons. The Hall–Kier alpha value is -2.87. The summed E-state index contributed by atoms with van der Waals surface area (Å²) in [5, 5.41) is 10.4. The number of nitro groups is 1. The first-order chi connectivity index (χ1) is 12.8. The summed E-state index contributed by atoms with van der Waals surface area (Å²) >= 11 is 3.41. The van der Waals surface area contributed by atoms with Gasteiger partial charge in [0, 0.05) is 10.5 Å². The zero-order valence-corrected chi connectivity index (χ0v) is 16.6. The first-order valence-corrected chi connectivity index (χ1v) is 8.69. The second-order valence-electron chi connectivity index (χ2n) is 5.64. The molecular formula is C19H18BrNO6. The van der Waals surface area contributed by atoms with E-state index in [9.17, 15) is 14.9 Å². The van der Waals surface area contributed by atoms with Crippen LogP contribution in [0, 0.1) is 24.0 Å². The van der Waals surface area contributed by atoms with E-state index in [1.807, 2.05) is 26.0 Å². The minimum absolute atomic E-state index is 0.202. The van der Waals surface area contributed by atoms with Gasteiger partial charge >= 0.3 is 5.97 Å².